The number of rotatable bonds is 5. The number of hydrogen-bond acceptors (Lipinski definition) is 5. The number of methoxy groups -OCH3 is 1. The maximum atomic E-state index is 12.3. The van der Waals surface area contributed by atoms with E-state index in [4.69, 9.17) is 32.7 Å². The lowest BCUT2D eigenvalue weighted by molar-refractivity contribution is 0.0474. The zero-order valence-corrected chi connectivity index (χ0v) is 15.2. The average molecular weight is 390 g/mol. The number of ketones is 1. The zero-order chi connectivity index (χ0) is 18.7. The fourth-order valence-electron chi connectivity index (χ4n) is 2.35. The number of nitrogens with zero attached hydrogens (tertiary/aromatic N) is 1. The summed E-state index contributed by atoms with van der Waals surface area (Å²) in [5.41, 5.74) is 0.570. The number of ether oxygens (including phenoxy) is 2. The van der Waals surface area contributed by atoms with Crippen molar-refractivity contribution in [3.05, 3.63) is 70.0 Å². The van der Waals surface area contributed by atoms with Crippen molar-refractivity contribution in [2.24, 2.45) is 0 Å². The molecule has 1 heterocycles. The minimum atomic E-state index is -0.699. The lowest BCUT2D eigenvalue weighted by Gasteiger charge is -2.07. The average Bonchev–Trinajstić information content (AvgIpc) is 2.67. The number of esters is 1. The Labute approximate surface area is 159 Å². The van der Waals surface area contributed by atoms with E-state index in [1.807, 2.05) is 24.3 Å². The van der Waals surface area contributed by atoms with E-state index in [-0.39, 0.29) is 28.1 Å². The van der Waals surface area contributed by atoms with Gasteiger partial charge in [0.05, 0.1) is 17.7 Å². The van der Waals surface area contributed by atoms with Crippen LogP contribution in [0.5, 0.6) is 5.75 Å². The van der Waals surface area contributed by atoms with Gasteiger partial charge in [0.2, 0.25) is 0 Å². The second-order valence-corrected chi connectivity index (χ2v) is 6.19. The van der Waals surface area contributed by atoms with Crippen LogP contribution in [0, 0.1) is 0 Å². The number of carbonyl (C=O) groups excluding carboxylic acids is 2. The molecule has 0 spiro atoms. The fraction of sp³-hybridized carbons (Fsp3) is 0.105. The van der Waals surface area contributed by atoms with E-state index < -0.39 is 5.97 Å². The lowest BCUT2D eigenvalue weighted by atomic mass is 10.0. The number of hydrogen-bond donors (Lipinski definition) is 0. The first-order valence-electron chi connectivity index (χ1n) is 7.57. The first kappa shape index (κ1) is 18.2. The molecule has 0 unspecified atom stereocenters. The number of benzene rings is 2. The number of pyridine rings is 1. The van der Waals surface area contributed by atoms with E-state index >= 15 is 0 Å². The fourth-order valence-corrected chi connectivity index (χ4v) is 2.62. The molecule has 132 valence electrons. The van der Waals surface area contributed by atoms with Crippen LogP contribution in [-0.4, -0.2) is 30.5 Å². The summed E-state index contributed by atoms with van der Waals surface area (Å²) in [7, 11) is 1.59. The predicted octanol–water partition coefficient (Wildman–Crippen LogP) is 4.59. The van der Waals surface area contributed by atoms with Gasteiger partial charge in [-0.15, -0.1) is 0 Å². The van der Waals surface area contributed by atoms with Crippen LogP contribution in [0.1, 0.15) is 20.7 Å². The molecule has 0 N–H and O–H groups in total. The highest BCUT2D eigenvalue weighted by Crippen LogP contribution is 2.22. The lowest BCUT2D eigenvalue weighted by Crippen LogP contribution is -2.14. The zero-order valence-electron chi connectivity index (χ0n) is 13.7. The molecular formula is C19H13Cl2NO4. The molecule has 7 heteroatoms. The molecule has 5 nitrogen and oxygen atoms in total. The van der Waals surface area contributed by atoms with Crippen LogP contribution < -0.4 is 4.74 Å². The Balaban J connectivity index is 1.70. The van der Waals surface area contributed by atoms with Crippen molar-refractivity contribution in [2.75, 3.05) is 13.7 Å². The Bertz CT molecular complexity index is 1000. The summed E-state index contributed by atoms with van der Waals surface area (Å²) in [5.74, 6) is -0.278. The van der Waals surface area contributed by atoms with Gasteiger partial charge in [-0.05, 0) is 35.0 Å². The van der Waals surface area contributed by atoms with E-state index in [2.05, 4.69) is 4.98 Å². The molecule has 26 heavy (non-hydrogen) atoms. The van der Waals surface area contributed by atoms with E-state index in [1.54, 1.807) is 19.2 Å². The Morgan fingerprint density at radius 3 is 2.46 bits per heavy atom. The quantitative estimate of drug-likeness (QED) is 0.362. The molecule has 0 atom stereocenters. The van der Waals surface area contributed by atoms with Crippen molar-refractivity contribution >= 4 is 45.7 Å². The maximum Gasteiger partial charge on any atom is 0.340 e. The van der Waals surface area contributed by atoms with Gasteiger partial charge in [-0.2, -0.15) is 0 Å². The SMILES string of the molecule is COc1ccc2cc(C(=O)COC(=O)c3cnc(Cl)c(Cl)c3)ccc2c1. The first-order valence-corrected chi connectivity index (χ1v) is 8.32. The molecule has 0 aliphatic carbocycles. The molecule has 0 radical (unpaired) electrons. The molecule has 3 aromatic rings. The van der Waals surface area contributed by atoms with Crippen molar-refractivity contribution < 1.29 is 19.1 Å². The van der Waals surface area contributed by atoms with E-state index in [1.165, 1.54) is 12.3 Å². The van der Waals surface area contributed by atoms with Crippen molar-refractivity contribution in [3.63, 3.8) is 0 Å². The van der Waals surface area contributed by atoms with Crippen LogP contribution in [0.25, 0.3) is 10.8 Å². The minimum Gasteiger partial charge on any atom is -0.497 e. The molecule has 0 aliphatic heterocycles. The Hall–Kier alpha value is -2.63. The second-order valence-electron chi connectivity index (χ2n) is 5.42. The summed E-state index contributed by atoms with van der Waals surface area (Å²) in [6.45, 7) is -0.388. The van der Waals surface area contributed by atoms with Crippen LogP contribution in [0.15, 0.2) is 48.7 Å². The molecule has 0 amide bonds. The predicted molar refractivity (Wildman–Crippen MR) is 99.4 cm³/mol. The van der Waals surface area contributed by atoms with Crippen LogP contribution in [0.2, 0.25) is 10.2 Å². The smallest absolute Gasteiger partial charge is 0.340 e. The summed E-state index contributed by atoms with van der Waals surface area (Å²) in [6, 6.07) is 12.1. The molecule has 0 bridgehead atoms. The van der Waals surface area contributed by atoms with Crippen molar-refractivity contribution in [3.8, 4) is 5.75 Å². The summed E-state index contributed by atoms with van der Waals surface area (Å²) in [4.78, 5) is 28.1. The number of fused-ring (bicyclic) bond motifs is 1. The highest BCUT2D eigenvalue weighted by atomic mass is 35.5. The minimum absolute atomic E-state index is 0.0899. The molecule has 1 aromatic heterocycles. The van der Waals surface area contributed by atoms with Gasteiger partial charge < -0.3 is 9.47 Å². The molecule has 0 saturated carbocycles. The van der Waals surface area contributed by atoms with Gasteiger partial charge in [0.1, 0.15) is 10.9 Å². The standard InChI is InChI=1S/C19H13Cl2NO4/c1-25-15-5-4-11-6-13(3-2-12(11)7-15)17(23)10-26-19(24)14-8-16(20)18(21)22-9-14/h2-9H,10H2,1H3. The molecular weight excluding hydrogens is 377 g/mol. The molecule has 0 fully saturated rings. The van der Waals surface area contributed by atoms with Crippen LogP contribution in [0.3, 0.4) is 0 Å². The van der Waals surface area contributed by atoms with Crippen molar-refractivity contribution in [2.45, 2.75) is 0 Å². The van der Waals surface area contributed by atoms with Crippen LogP contribution in [0.4, 0.5) is 0 Å². The summed E-state index contributed by atoms with van der Waals surface area (Å²) in [6.07, 6.45) is 1.24. The third-order valence-electron chi connectivity index (χ3n) is 3.74. The largest absolute Gasteiger partial charge is 0.497 e. The Kier molecular flexibility index (Phi) is 5.40. The summed E-state index contributed by atoms with van der Waals surface area (Å²) < 4.78 is 10.2. The van der Waals surface area contributed by atoms with Gasteiger partial charge in [-0.25, -0.2) is 9.78 Å². The number of carbonyl (C=O) groups is 2. The number of halogens is 2. The molecule has 3 rings (SSSR count). The monoisotopic (exact) mass is 389 g/mol. The summed E-state index contributed by atoms with van der Waals surface area (Å²) in [5, 5.41) is 2.06. The van der Waals surface area contributed by atoms with Crippen LogP contribution in [-0.2, 0) is 4.74 Å². The first-order chi connectivity index (χ1) is 12.5. The number of aromatic nitrogens is 1. The summed E-state index contributed by atoms with van der Waals surface area (Å²) >= 11 is 11.5. The second kappa shape index (κ2) is 7.72. The Morgan fingerprint density at radius 1 is 1.00 bits per heavy atom. The van der Waals surface area contributed by atoms with Gasteiger partial charge >= 0.3 is 5.97 Å². The third kappa shape index (κ3) is 3.95. The van der Waals surface area contributed by atoms with E-state index in [9.17, 15) is 9.59 Å². The van der Waals surface area contributed by atoms with Crippen LogP contribution >= 0.6 is 23.2 Å². The van der Waals surface area contributed by atoms with Gasteiger partial charge in [-0.3, -0.25) is 4.79 Å². The van der Waals surface area contributed by atoms with E-state index in [0.717, 1.165) is 16.5 Å². The van der Waals surface area contributed by atoms with Crippen molar-refractivity contribution in [1.82, 2.24) is 4.98 Å². The van der Waals surface area contributed by atoms with E-state index in [0.29, 0.717) is 5.56 Å². The maximum absolute atomic E-state index is 12.3. The third-order valence-corrected chi connectivity index (χ3v) is 4.42. The number of Topliss-reactive ketones (excluding diaryl/α,β-unsaturated/α-hetero) is 1. The van der Waals surface area contributed by atoms with Crippen molar-refractivity contribution in [1.29, 1.82) is 0 Å². The highest BCUT2D eigenvalue weighted by molar-refractivity contribution is 6.41. The molecule has 0 aliphatic rings. The normalized spacial score (nSPS) is 10.6. The topological polar surface area (TPSA) is 65.5 Å². The van der Waals surface area contributed by atoms with Gasteiger partial charge in [0.15, 0.2) is 12.4 Å². The molecule has 2 aromatic carbocycles. The van der Waals surface area contributed by atoms with Gasteiger partial charge in [0.25, 0.3) is 0 Å². The van der Waals surface area contributed by atoms with Gasteiger partial charge in [-0.1, -0.05) is 41.4 Å². The molecule has 0 saturated heterocycles. The highest BCUT2D eigenvalue weighted by Gasteiger charge is 2.14. The van der Waals surface area contributed by atoms with Gasteiger partial charge in [0, 0.05) is 11.8 Å². The Morgan fingerprint density at radius 2 is 1.73 bits per heavy atom.